The normalized spacial score (nSPS) is 13.1. The van der Waals surface area contributed by atoms with Crippen LogP contribution in [0.1, 0.15) is 24.2 Å². The van der Waals surface area contributed by atoms with Crippen molar-refractivity contribution in [1.29, 1.82) is 0 Å². The number of nitrogens with zero attached hydrogens (tertiary/aromatic N) is 1. The Hall–Kier alpha value is -1.76. The minimum atomic E-state index is -3.64. The minimum Gasteiger partial charge on any atom is -0.325 e. The van der Waals surface area contributed by atoms with Crippen LogP contribution >= 0.6 is 0 Å². The van der Waals surface area contributed by atoms with Crippen LogP contribution in [0.5, 0.6) is 0 Å². The summed E-state index contributed by atoms with van der Waals surface area (Å²) in [6.07, 6.45) is 1.53. The molecule has 1 heterocycles. The van der Waals surface area contributed by atoms with Crippen molar-refractivity contribution in [3.8, 4) is 0 Å². The van der Waals surface area contributed by atoms with E-state index in [1.54, 1.807) is 13.0 Å². The lowest BCUT2D eigenvalue weighted by molar-refractivity contribution is 0.565. The zero-order chi connectivity index (χ0) is 14.6. The number of sulfonamides is 1. The zero-order valence-electron chi connectivity index (χ0n) is 11.2. The molecular weight excluding hydrogens is 274 g/mol. The third kappa shape index (κ3) is 3.22. The number of hydrogen-bond acceptors (Lipinski definition) is 4. The molecule has 0 bridgehead atoms. The van der Waals surface area contributed by atoms with Crippen molar-refractivity contribution in [2.24, 2.45) is 5.73 Å². The number of rotatable bonds is 5. The highest BCUT2D eigenvalue weighted by Crippen LogP contribution is 2.18. The van der Waals surface area contributed by atoms with E-state index in [2.05, 4.69) is 9.71 Å². The van der Waals surface area contributed by atoms with Gasteiger partial charge in [-0.25, -0.2) is 13.1 Å². The molecule has 2 rings (SSSR count). The Kier molecular flexibility index (Phi) is 4.49. The molecule has 0 aliphatic heterocycles. The van der Waals surface area contributed by atoms with Crippen LogP contribution in [-0.4, -0.2) is 13.4 Å². The first kappa shape index (κ1) is 14.6. The fraction of sp³-hybridized carbons (Fsp3) is 0.214. The highest BCUT2D eigenvalue weighted by atomic mass is 32.2. The van der Waals surface area contributed by atoms with Gasteiger partial charge in [0.25, 0.3) is 0 Å². The number of hydrogen-bond donors (Lipinski definition) is 2. The summed E-state index contributed by atoms with van der Waals surface area (Å²) in [4.78, 5) is 4.13. The van der Waals surface area contributed by atoms with E-state index >= 15 is 0 Å². The summed E-state index contributed by atoms with van der Waals surface area (Å²) in [7, 11) is -3.64. The SMILES string of the molecule is CC(NS(=O)(=O)c1cccnc1CN)c1ccccc1. The molecular formula is C14H17N3O2S. The Morgan fingerprint density at radius 3 is 2.55 bits per heavy atom. The Morgan fingerprint density at radius 2 is 1.90 bits per heavy atom. The van der Waals surface area contributed by atoms with Gasteiger partial charge in [-0.15, -0.1) is 0 Å². The summed E-state index contributed by atoms with van der Waals surface area (Å²) in [6.45, 7) is 1.88. The standard InChI is InChI=1S/C14H17N3O2S/c1-11(12-6-3-2-4-7-12)17-20(18,19)14-8-5-9-16-13(14)10-15/h2-9,11,17H,10,15H2,1H3. The zero-order valence-corrected chi connectivity index (χ0v) is 12.0. The summed E-state index contributed by atoms with van der Waals surface area (Å²) >= 11 is 0. The average Bonchev–Trinajstić information content (AvgIpc) is 2.47. The lowest BCUT2D eigenvalue weighted by Crippen LogP contribution is -2.28. The summed E-state index contributed by atoms with van der Waals surface area (Å²) in [5.74, 6) is 0. The highest BCUT2D eigenvalue weighted by Gasteiger charge is 2.21. The summed E-state index contributed by atoms with van der Waals surface area (Å²) in [5, 5.41) is 0. The Bertz CT molecular complexity index is 672. The second-order valence-corrected chi connectivity index (χ2v) is 6.09. The maximum Gasteiger partial charge on any atom is 0.242 e. The van der Waals surface area contributed by atoms with Crippen molar-refractivity contribution < 1.29 is 8.42 Å². The maximum atomic E-state index is 12.4. The Balaban J connectivity index is 2.28. The van der Waals surface area contributed by atoms with Crippen LogP contribution in [0.3, 0.4) is 0 Å². The predicted molar refractivity (Wildman–Crippen MR) is 77.3 cm³/mol. The smallest absolute Gasteiger partial charge is 0.242 e. The number of nitrogens with two attached hydrogens (primary N) is 1. The van der Waals surface area contributed by atoms with Crippen LogP contribution in [-0.2, 0) is 16.6 Å². The molecule has 5 nitrogen and oxygen atoms in total. The first-order valence-electron chi connectivity index (χ1n) is 6.26. The Morgan fingerprint density at radius 1 is 1.20 bits per heavy atom. The van der Waals surface area contributed by atoms with Crippen LogP contribution in [0.15, 0.2) is 53.6 Å². The maximum absolute atomic E-state index is 12.4. The van der Waals surface area contributed by atoms with E-state index in [-0.39, 0.29) is 17.5 Å². The first-order chi connectivity index (χ1) is 9.54. The van der Waals surface area contributed by atoms with E-state index in [0.29, 0.717) is 5.69 Å². The summed E-state index contributed by atoms with van der Waals surface area (Å²) in [5.41, 5.74) is 6.79. The molecule has 0 fully saturated rings. The molecule has 0 saturated carbocycles. The molecule has 20 heavy (non-hydrogen) atoms. The highest BCUT2D eigenvalue weighted by molar-refractivity contribution is 7.89. The molecule has 0 spiro atoms. The van der Waals surface area contributed by atoms with Crippen molar-refractivity contribution in [1.82, 2.24) is 9.71 Å². The lowest BCUT2D eigenvalue weighted by Gasteiger charge is -2.15. The molecule has 0 radical (unpaired) electrons. The molecule has 106 valence electrons. The van der Waals surface area contributed by atoms with Gasteiger partial charge in [-0.2, -0.15) is 0 Å². The van der Waals surface area contributed by atoms with Crippen molar-refractivity contribution in [3.63, 3.8) is 0 Å². The van der Waals surface area contributed by atoms with Crippen LogP contribution in [0.4, 0.5) is 0 Å². The van der Waals surface area contributed by atoms with Gasteiger partial charge in [-0.05, 0) is 24.6 Å². The van der Waals surface area contributed by atoms with Gasteiger partial charge in [0.2, 0.25) is 10.0 Å². The molecule has 0 amide bonds. The number of nitrogens with one attached hydrogen (secondary N) is 1. The topological polar surface area (TPSA) is 85.1 Å². The van der Waals surface area contributed by atoms with Crippen molar-refractivity contribution >= 4 is 10.0 Å². The molecule has 6 heteroatoms. The molecule has 0 saturated heterocycles. The van der Waals surface area contributed by atoms with Gasteiger partial charge < -0.3 is 5.73 Å². The predicted octanol–water partition coefficient (Wildman–Crippen LogP) is 1.58. The van der Waals surface area contributed by atoms with Crippen LogP contribution in [0.2, 0.25) is 0 Å². The van der Waals surface area contributed by atoms with E-state index in [1.165, 1.54) is 12.3 Å². The fourth-order valence-electron chi connectivity index (χ4n) is 1.93. The van der Waals surface area contributed by atoms with Crippen molar-refractivity contribution in [2.75, 3.05) is 0 Å². The molecule has 3 N–H and O–H groups in total. The molecule has 1 unspecified atom stereocenters. The van der Waals surface area contributed by atoms with Gasteiger partial charge in [0, 0.05) is 18.8 Å². The number of pyridine rings is 1. The van der Waals surface area contributed by atoms with Gasteiger partial charge in [-0.3, -0.25) is 4.98 Å². The molecule has 0 aliphatic carbocycles. The van der Waals surface area contributed by atoms with Crippen LogP contribution in [0.25, 0.3) is 0 Å². The fourth-order valence-corrected chi connectivity index (χ4v) is 3.36. The number of aromatic nitrogens is 1. The lowest BCUT2D eigenvalue weighted by atomic mass is 10.1. The summed E-state index contributed by atoms with van der Waals surface area (Å²) in [6, 6.07) is 12.1. The molecule has 1 aromatic heterocycles. The van der Waals surface area contributed by atoms with Gasteiger partial charge in [-0.1, -0.05) is 30.3 Å². The molecule has 1 atom stereocenters. The largest absolute Gasteiger partial charge is 0.325 e. The van der Waals surface area contributed by atoms with E-state index in [1.807, 2.05) is 30.3 Å². The minimum absolute atomic E-state index is 0.0802. The summed E-state index contributed by atoms with van der Waals surface area (Å²) < 4.78 is 27.4. The molecule has 0 aliphatic rings. The average molecular weight is 291 g/mol. The second kappa shape index (κ2) is 6.13. The Labute approximate surface area is 118 Å². The van der Waals surface area contributed by atoms with Crippen LogP contribution < -0.4 is 10.5 Å². The molecule has 2 aromatic rings. The molecule has 1 aromatic carbocycles. The van der Waals surface area contributed by atoms with Gasteiger partial charge in [0.15, 0.2) is 0 Å². The van der Waals surface area contributed by atoms with Gasteiger partial charge in [0.1, 0.15) is 4.90 Å². The third-order valence-corrected chi connectivity index (χ3v) is 4.58. The first-order valence-corrected chi connectivity index (χ1v) is 7.74. The van der Waals surface area contributed by atoms with E-state index in [0.717, 1.165) is 5.56 Å². The van der Waals surface area contributed by atoms with Crippen molar-refractivity contribution in [2.45, 2.75) is 24.4 Å². The van der Waals surface area contributed by atoms with Crippen molar-refractivity contribution in [3.05, 3.63) is 59.9 Å². The van der Waals surface area contributed by atoms with E-state index in [4.69, 9.17) is 5.73 Å². The van der Waals surface area contributed by atoms with Crippen LogP contribution in [0, 0.1) is 0 Å². The van der Waals surface area contributed by atoms with E-state index < -0.39 is 10.0 Å². The second-order valence-electron chi connectivity index (χ2n) is 4.41. The van der Waals surface area contributed by atoms with Gasteiger partial charge in [0.05, 0.1) is 5.69 Å². The number of benzene rings is 1. The third-order valence-electron chi connectivity index (χ3n) is 2.96. The van der Waals surface area contributed by atoms with E-state index in [9.17, 15) is 8.42 Å². The monoisotopic (exact) mass is 291 g/mol. The quantitative estimate of drug-likeness (QED) is 0.876. The van der Waals surface area contributed by atoms with Gasteiger partial charge >= 0.3 is 0 Å².